The van der Waals surface area contributed by atoms with Crippen LogP contribution in [0.25, 0.3) is 0 Å². The van der Waals surface area contributed by atoms with Gasteiger partial charge in [0.15, 0.2) is 0 Å². The van der Waals surface area contributed by atoms with Crippen LogP contribution >= 0.6 is 0 Å². The van der Waals surface area contributed by atoms with Gasteiger partial charge in [0.05, 0.1) is 0 Å². The molecule has 0 N–H and O–H groups in total. The quantitative estimate of drug-likeness (QED) is 0.644. The van der Waals surface area contributed by atoms with Crippen LogP contribution in [0.3, 0.4) is 0 Å². The molecule has 0 aliphatic rings. The lowest BCUT2D eigenvalue weighted by Gasteiger charge is -2.41. The molecular formula is C15H35N. The third kappa shape index (κ3) is 8.15. The lowest BCUT2D eigenvalue weighted by Crippen LogP contribution is -2.47. The summed E-state index contributed by atoms with van der Waals surface area (Å²) in [5, 5.41) is 0. The molecule has 0 spiro atoms. The SMILES string of the molecule is CC.CCCC(C)(C)N(CC)CC(C)(C)C. The maximum Gasteiger partial charge on any atom is 0.0153 e. The zero-order valence-corrected chi connectivity index (χ0v) is 13.3. The van der Waals surface area contributed by atoms with Crippen molar-refractivity contribution in [1.82, 2.24) is 4.90 Å². The van der Waals surface area contributed by atoms with Crippen molar-refractivity contribution in [2.45, 2.75) is 80.7 Å². The molecule has 1 nitrogen and oxygen atoms in total. The van der Waals surface area contributed by atoms with Crippen molar-refractivity contribution < 1.29 is 0 Å². The Balaban J connectivity index is 0. The fourth-order valence-corrected chi connectivity index (χ4v) is 2.10. The minimum Gasteiger partial charge on any atom is -0.298 e. The number of rotatable bonds is 5. The minimum atomic E-state index is 0.358. The van der Waals surface area contributed by atoms with Crippen LogP contribution < -0.4 is 0 Å². The zero-order valence-electron chi connectivity index (χ0n) is 13.3. The first kappa shape index (κ1) is 18.3. The first-order valence-corrected chi connectivity index (χ1v) is 6.98. The lowest BCUT2D eigenvalue weighted by molar-refractivity contribution is 0.0772. The van der Waals surface area contributed by atoms with E-state index in [0.29, 0.717) is 11.0 Å². The Labute approximate surface area is 105 Å². The van der Waals surface area contributed by atoms with Crippen molar-refractivity contribution in [2.24, 2.45) is 5.41 Å². The Morgan fingerprint density at radius 1 is 0.875 bits per heavy atom. The summed E-state index contributed by atoms with van der Waals surface area (Å²) in [6.07, 6.45) is 2.56. The summed E-state index contributed by atoms with van der Waals surface area (Å²) in [4.78, 5) is 2.61. The highest BCUT2D eigenvalue weighted by molar-refractivity contribution is 4.83. The van der Waals surface area contributed by atoms with Crippen LogP contribution in [0, 0.1) is 5.41 Å². The van der Waals surface area contributed by atoms with Crippen molar-refractivity contribution in [3.63, 3.8) is 0 Å². The minimum absolute atomic E-state index is 0.358. The molecule has 0 aliphatic carbocycles. The summed E-state index contributed by atoms with van der Waals surface area (Å²) in [5.41, 5.74) is 0.762. The van der Waals surface area contributed by atoms with Gasteiger partial charge >= 0.3 is 0 Å². The van der Waals surface area contributed by atoms with Crippen molar-refractivity contribution in [2.75, 3.05) is 13.1 Å². The third-order valence-electron chi connectivity index (χ3n) is 2.76. The van der Waals surface area contributed by atoms with Gasteiger partial charge in [0.1, 0.15) is 0 Å². The van der Waals surface area contributed by atoms with E-state index in [4.69, 9.17) is 0 Å². The Morgan fingerprint density at radius 2 is 1.31 bits per heavy atom. The summed E-state index contributed by atoms with van der Waals surface area (Å²) in [6, 6.07) is 0. The molecule has 0 unspecified atom stereocenters. The van der Waals surface area contributed by atoms with E-state index in [2.05, 4.69) is 53.4 Å². The van der Waals surface area contributed by atoms with Gasteiger partial charge in [0.2, 0.25) is 0 Å². The number of hydrogen-bond acceptors (Lipinski definition) is 1. The fourth-order valence-electron chi connectivity index (χ4n) is 2.10. The van der Waals surface area contributed by atoms with Crippen molar-refractivity contribution in [3.8, 4) is 0 Å². The summed E-state index contributed by atoms with van der Waals surface area (Å²) in [5.74, 6) is 0. The number of nitrogens with zero attached hydrogens (tertiary/aromatic N) is 1. The molecule has 1 heteroatoms. The molecule has 0 saturated carbocycles. The van der Waals surface area contributed by atoms with Gasteiger partial charge in [-0.25, -0.2) is 0 Å². The van der Waals surface area contributed by atoms with E-state index < -0.39 is 0 Å². The van der Waals surface area contributed by atoms with Gasteiger partial charge in [0.25, 0.3) is 0 Å². The zero-order chi connectivity index (χ0) is 13.4. The molecule has 0 amide bonds. The third-order valence-corrected chi connectivity index (χ3v) is 2.76. The maximum absolute atomic E-state index is 2.61. The smallest absolute Gasteiger partial charge is 0.0153 e. The molecular weight excluding hydrogens is 194 g/mol. The molecule has 16 heavy (non-hydrogen) atoms. The molecule has 0 heterocycles. The van der Waals surface area contributed by atoms with Crippen molar-refractivity contribution in [1.29, 1.82) is 0 Å². The molecule has 0 radical (unpaired) electrons. The molecule has 0 aromatic carbocycles. The molecule has 0 aliphatic heterocycles. The van der Waals surface area contributed by atoms with Gasteiger partial charge in [-0.05, 0) is 32.2 Å². The largest absolute Gasteiger partial charge is 0.298 e. The molecule has 0 aromatic heterocycles. The molecule has 0 fully saturated rings. The van der Waals surface area contributed by atoms with E-state index in [1.807, 2.05) is 13.8 Å². The van der Waals surface area contributed by atoms with Gasteiger partial charge in [-0.2, -0.15) is 0 Å². The van der Waals surface area contributed by atoms with E-state index in [9.17, 15) is 0 Å². The Hall–Kier alpha value is -0.0400. The van der Waals surface area contributed by atoms with E-state index in [1.54, 1.807) is 0 Å². The second-order valence-electron chi connectivity index (χ2n) is 6.14. The fraction of sp³-hybridized carbons (Fsp3) is 1.00. The van der Waals surface area contributed by atoms with Crippen LogP contribution in [0.2, 0.25) is 0 Å². The predicted octanol–water partition coefficient (Wildman–Crippen LogP) is 4.96. The van der Waals surface area contributed by atoms with Crippen LogP contribution in [0.4, 0.5) is 0 Å². The molecule has 0 atom stereocenters. The van der Waals surface area contributed by atoms with Crippen LogP contribution in [0.1, 0.15) is 75.2 Å². The lowest BCUT2D eigenvalue weighted by atomic mass is 9.90. The summed E-state index contributed by atoms with van der Waals surface area (Å²) in [7, 11) is 0. The Kier molecular flexibility index (Phi) is 9.29. The van der Waals surface area contributed by atoms with E-state index in [1.165, 1.54) is 19.4 Å². The normalized spacial score (nSPS) is 12.4. The summed E-state index contributed by atoms with van der Waals surface area (Å²) in [6.45, 7) is 22.6. The highest BCUT2D eigenvalue weighted by atomic mass is 15.2. The second kappa shape index (κ2) is 8.11. The van der Waals surface area contributed by atoms with Gasteiger partial charge in [0, 0.05) is 12.1 Å². The van der Waals surface area contributed by atoms with E-state index >= 15 is 0 Å². The average Bonchev–Trinajstić information content (AvgIpc) is 2.15. The maximum atomic E-state index is 2.61. The molecule has 100 valence electrons. The highest BCUT2D eigenvalue weighted by Gasteiger charge is 2.27. The van der Waals surface area contributed by atoms with Gasteiger partial charge < -0.3 is 0 Å². The van der Waals surface area contributed by atoms with Crippen LogP contribution in [-0.2, 0) is 0 Å². The molecule has 0 bridgehead atoms. The summed E-state index contributed by atoms with van der Waals surface area (Å²) < 4.78 is 0. The molecule has 0 rings (SSSR count). The standard InChI is InChI=1S/C13H29N.C2H6/c1-8-10-13(6,7)14(9-2)11-12(3,4)5;1-2/h8-11H2,1-7H3;1-2H3. The first-order chi connectivity index (χ1) is 7.23. The first-order valence-electron chi connectivity index (χ1n) is 6.98. The Morgan fingerprint density at radius 3 is 1.56 bits per heavy atom. The molecule has 0 aromatic rings. The number of hydrogen-bond donors (Lipinski definition) is 0. The Bertz CT molecular complexity index is 153. The van der Waals surface area contributed by atoms with Crippen LogP contribution in [0.5, 0.6) is 0 Å². The van der Waals surface area contributed by atoms with E-state index in [0.717, 1.165) is 6.54 Å². The summed E-state index contributed by atoms with van der Waals surface area (Å²) >= 11 is 0. The van der Waals surface area contributed by atoms with Crippen molar-refractivity contribution >= 4 is 0 Å². The van der Waals surface area contributed by atoms with Gasteiger partial charge in [-0.3, -0.25) is 4.90 Å². The second-order valence-corrected chi connectivity index (χ2v) is 6.14. The predicted molar refractivity (Wildman–Crippen MR) is 77.0 cm³/mol. The van der Waals surface area contributed by atoms with E-state index in [-0.39, 0.29) is 0 Å². The van der Waals surface area contributed by atoms with Crippen LogP contribution in [0.15, 0.2) is 0 Å². The van der Waals surface area contributed by atoms with Gasteiger partial charge in [-0.1, -0.05) is 54.9 Å². The monoisotopic (exact) mass is 229 g/mol. The molecule has 0 saturated heterocycles. The van der Waals surface area contributed by atoms with Crippen molar-refractivity contribution in [3.05, 3.63) is 0 Å². The van der Waals surface area contributed by atoms with Gasteiger partial charge in [-0.15, -0.1) is 0 Å². The average molecular weight is 229 g/mol. The topological polar surface area (TPSA) is 3.24 Å². The van der Waals surface area contributed by atoms with Crippen LogP contribution in [-0.4, -0.2) is 23.5 Å². The highest BCUT2D eigenvalue weighted by Crippen LogP contribution is 2.25.